The largest absolute Gasteiger partial charge is 0.393 e. The number of carbonyl (C=O) groups is 1. The van der Waals surface area contributed by atoms with E-state index < -0.39 is 18.1 Å². The molecule has 2 rings (SSSR count). The van der Waals surface area contributed by atoms with Gasteiger partial charge in [0.15, 0.2) is 0 Å². The predicted octanol–water partition coefficient (Wildman–Crippen LogP) is 1.47. The Morgan fingerprint density at radius 1 is 1.14 bits per heavy atom. The summed E-state index contributed by atoms with van der Waals surface area (Å²) in [6.07, 6.45) is -3.87. The van der Waals surface area contributed by atoms with Gasteiger partial charge in [0.2, 0.25) is 5.91 Å². The Kier molecular flexibility index (Phi) is 4.82. The van der Waals surface area contributed by atoms with E-state index in [1.54, 1.807) is 4.90 Å². The SMILES string of the molecule is CC1CN(C(=O)C2CCC(C(F)(F)F)CN2)CC(C)N1C. The van der Waals surface area contributed by atoms with Crippen LogP contribution in [0.4, 0.5) is 13.2 Å². The Balaban J connectivity index is 1.90. The van der Waals surface area contributed by atoms with Gasteiger partial charge in [-0.15, -0.1) is 0 Å². The van der Waals surface area contributed by atoms with E-state index in [1.807, 2.05) is 7.05 Å². The maximum Gasteiger partial charge on any atom is 0.393 e. The van der Waals surface area contributed by atoms with Crippen LogP contribution < -0.4 is 5.32 Å². The van der Waals surface area contributed by atoms with E-state index in [-0.39, 0.29) is 37.4 Å². The fourth-order valence-corrected chi connectivity index (χ4v) is 3.15. The van der Waals surface area contributed by atoms with Crippen LogP contribution in [0.3, 0.4) is 0 Å². The molecule has 1 amide bonds. The van der Waals surface area contributed by atoms with E-state index in [0.29, 0.717) is 13.1 Å². The number of amides is 1. The van der Waals surface area contributed by atoms with Crippen molar-refractivity contribution < 1.29 is 18.0 Å². The number of nitrogens with zero attached hydrogens (tertiary/aromatic N) is 2. The van der Waals surface area contributed by atoms with Crippen molar-refractivity contribution in [2.75, 3.05) is 26.7 Å². The minimum atomic E-state index is -4.17. The summed E-state index contributed by atoms with van der Waals surface area (Å²) in [4.78, 5) is 16.5. The average molecular weight is 307 g/mol. The van der Waals surface area contributed by atoms with Gasteiger partial charge in [-0.1, -0.05) is 0 Å². The number of nitrogens with one attached hydrogen (secondary N) is 1. The van der Waals surface area contributed by atoms with Crippen LogP contribution in [-0.4, -0.2) is 66.7 Å². The smallest absolute Gasteiger partial charge is 0.338 e. The highest BCUT2D eigenvalue weighted by Crippen LogP contribution is 2.32. The van der Waals surface area contributed by atoms with Crippen molar-refractivity contribution >= 4 is 5.91 Å². The Hall–Kier alpha value is -0.820. The van der Waals surface area contributed by atoms with Gasteiger partial charge >= 0.3 is 6.18 Å². The van der Waals surface area contributed by atoms with Crippen molar-refractivity contribution in [2.45, 2.75) is 51.0 Å². The van der Waals surface area contributed by atoms with Crippen LogP contribution in [0.15, 0.2) is 0 Å². The summed E-state index contributed by atoms with van der Waals surface area (Å²) in [6.45, 7) is 5.24. The highest BCUT2D eigenvalue weighted by molar-refractivity contribution is 5.82. The Morgan fingerprint density at radius 2 is 1.71 bits per heavy atom. The predicted molar refractivity (Wildman–Crippen MR) is 73.8 cm³/mol. The zero-order chi connectivity index (χ0) is 15.8. The van der Waals surface area contributed by atoms with Crippen LogP contribution >= 0.6 is 0 Å². The van der Waals surface area contributed by atoms with Crippen molar-refractivity contribution in [3.63, 3.8) is 0 Å². The molecule has 2 aliphatic heterocycles. The van der Waals surface area contributed by atoms with E-state index in [4.69, 9.17) is 0 Å². The number of piperazine rings is 1. The Bertz CT molecular complexity index is 368. The van der Waals surface area contributed by atoms with Gasteiger partial charge in [0.1, 0.15) is 0 Å². The third kappa shape index (κ3) is 3.69. The van der Waals surface area contributed by atoms with Crippen LogP contribution in [0.2, 0.25) is 0 Å². The molecular weight excluding hydrogens is 283 g/mol. The molecule has 7 heteroatoms. The minimum Gasteiger partial charge on any atom is -0.338 e. The highest BCUT2D eigenvalue weighted by Gasteiger charge is 2.43. The van der Waals surface area contributed by atoms with Crippen LogP contribution in [0, 0.1) is 5.92 Å². The number of halogens is 3. The summed E-state index contributed by atoms with van der Waals surface area (Å²) in [6, 6.07) is 0.0693. The van der Waals surface area contributed by atoms with Crippen LogP contribution in [-0.2, 0) is 4.79 Å². The molecule has 0 aliphatic carbocycles. The maximum atomic E-state index is 12.6. The topological polar surface area (TPSA) is 35.6 Å². The van der Waals surface area contributed by atoms with Crippen molar-refractivity contribution in [3.8, 4) is 0 Å². The van der Waals surface area contributed by atoms with Crippen molar-refractivity contribution in [1.82, 2.24) is 15.1 Å². The van der Waals surface area contributed by atoms with E-state index in [9.17, 15) is 18.0 Å². The van der Waals surface area contributed by atoms with Gasteiger partial charge in [-0.3, -0.25) is 9.69 Å². The van der Waals surface area contributed by atoms with Gasteiger partial charge in [-0.2, -0.15) is 13.2 Å². The molecule has 21 heavy (non-hydrogen) atoms. The lowest BCUT2D eigenvalue weighted by Gasteiger charge is -2.44. The third-order valence-corrected chi connectivity index (χ3v) is 4.85. The molecule has 2 fully saturated rings. The molecule has 4 atom stereocenters. The fraction of sp³-hybridized carbons (Fsp3) is 0.929. The van der Waals surface area contributed by atoms with Gasteiger partial charge in [-0.05, 0) is 33.7 Å². The van der Waals surface area contributed by atoms with Crippen molar-refractivity contribution in [3.05, 3.63) is 0 Å². The summed E-state index contributed by atoms with van der Waals surface area (Å²) < 4.78 is 37.9. The lowest BCUT2D eigenvalue weighted by molar-refractivity contribution is -0.181. The maximum absolute atomic E-state index is 12.6. The molecule has 2 heterocycles. The number of piperidine rings is 1. The number of rotatable bonds is 1. The lowest BCUT2D eigenvalue weighted by Crippen LogP contribution is -2.60. The molecule has 0 aromatic heterocycles. The Morgan fingerprint density at radius 3 is 2.14 bits per heavy atom. The second-order valence-corrected chi connectivity index (χ2v) is 6.38. The van der Waals surface area contributed by atoms with Crippen molar-refractivity contribution in [1.29, 1.82) is 0 Å². The summed E-state index contributed by atoms with van der Waals surface area (Å²) in [5.74, 6) is -1.38. The van der Waals surface area contributed by atoms with E-state index >= 15 is 0 Å². The molecule has 0 aromatic rings. The first-order valence-corrected chi connectivity index (χ1v) is 7.51. The summed E-state index contributed by atoms with van der Waals surface area (Å²) in [5, 5.41) is 2.79. The average Bonchev–Trinajstić information content (AvgIpc) is 2.42. The van der Waals surface area contributed by atoms with Gasteiger partial charge in [0.05, 0.1) is 12.0 Å². The summed E-state index contributed by atoms with van der Waals surface area (Å²) in [7, 11) is 2.03. The number of likely N-dealkylation sites (N-methyl/N-ethyl adjacent to an activating group) is 1. The lowest BCUT2D eigenvalue weighted by atomic mass is 9.93. The molecule has 4 unspecified atom stereocenters. The second-order valence-electron chi connectivity index (χ2n) is 6.38. The molecule has 0 saturated carbocycles. The first-order valence-electron chi connectivity index (χ1n) is 7.51. The zero-order valence-electron chi connectivity index (χ0n) is 12.8. The minimum absolute atomic E-state index is 0.0335. The second kappa shape index (κ2) is 6.12. The molecule has 0 spiro atoms. The van der Waals surface area contributed by atoms with Crippen LogP contribution in [0.1, 0.15) is 26.7 Å². The number of alkyl halides is 3. The van der Waals surface area contributed by atoms with Gasteiger partial charge in [0.25, 0.3) is 0 Å². The van der Waals surface area contributed by atoms with Crippen molar-refractivity contribution in [2.24, 2.45) is 5.92 Å². The molecule has 4 nitrogen and oxygen atoms in total. The molecule has 122 valence electrons. The molecule has 0 bridgehead atoms. The first kappa shape index (κ1) is 16.5. The quantitative estimate of drug-likeness (QED) is 0.797. The van der Waals surface area contributed by atoms with Gasteiger partial charge < -0.3 is 10.2 Å². The molecule has 0 aromatic carbocycles. The summed E-state index contributed by atoms with van der Waals surface area (Å²) >= 11 is 0. The number of hydrogen-bond donors (Lipinski definition) is 1. The first-order chi connectivity index (χ1) is 9.70. The number of hydrogen-bond acceptors (Lipinski definition) is 3. The summed E-state index contributed by atoms with van der Waals surface area (Å²) in [5.41, 5.74) is 0. The third-order valence-electron chi connectivity index (χ3n) is 4.85. The van der Waals surface area contributed by atoms with E-state index in [2.05, 4.69) is 24.1 Å². The molecule has 2 aliphatic rings. The number of carbonyl (C=O) groups excluding carboxylic acids is 1. The van der Waals surface area contributed by atoms with Gasteiger partial charge in [-0.25, -0.2) is 0 Å². The van der Waals surface area contributed by atoms with Crippen LogP contribution in [0.25, 0.3) is 0 Å². The molecule has 2 saturated heterocycles. The fourth-order valence-electron chi connectivity index (χ4n) is 3.15. The van der Waals surface area contributed by atoms with Gasteiger partial charge in [0, 0.05) is 31.7 Å². The van der Waals surface area contributed by atoms with E-state index in [0.717, 1.165) is 0 Å². The monoisotopic (exact) mass is 307 g/mol. The normalized spacial score (nSPS) is 35.8. The standard InChI is InChI=1S/C14H24F3N3O/c1-9-7-20(8-10(2)19(9)3)13(21)12-5-4-11(6-18-12)14(15,16)17/h9-12,18H,4-8H2,1-3H3. The van der Waals surface area contributed by atoms with Crippen LogP contribution in [0.5, 0.6) is 0 Å². The molecular formula is C14H24F3N3O. The molecule has 1 N–H and O–H groups in total. The zero-order valence-corrected chi connectivity index (χ0v) is 12.8. The Labute approximate surface area is 123 Å². The van der Waals surface area contributed by atoms with E-state index in [1.165, 1.54) is 0 Å². The highest BCUT2D eigenvalue weighted by atomic mass is 19.4. The molecule has 0 radical (unpaired) electrons.